The van der Waals surface area contributed by atoms with Gasteiger partial charge in [0.2, 0.25) is 5.95 Å². The van der Waals surface area contributed by atoms with E-state index in [0.717, 1.165) is 29.9 Å². The number of likely N-dealkylation sites (tertiary alicyclic amines) is 1. The fourth-order valence-corrected chi connectivity index (χ4v) is 4.84. The van der Waals surface area contributed by atoms with Crippen LogP contribution in [0, 0.1) is 32.5 Å². The Morgan fingerprint density at radius 2 is 1.84 bits per heavy atom. The highest BCUT2D eigenvalue weighted by atomic mass is 19.1. The van der Waals surface area contributed by atoms with E-state index < -0.39 is 5.82 Å². The Bertz CT molecular complexity index is 1180. The minimum atomic E-state index is -0.513. The fraction of sp³-hybridized carbons (Fsp3) is 0.360. The molecule has 4 heterocycles. The number of hydrogen-bond acceptors (Lipinski definition) is 5. The first kappa shape index (κ1) is 20.5. The van der Waals surface area contributed by atoms with Crippen molar-refractivity contribution in [2.45, 2.75) is 33.2 Å². The van der Waals surface area contributed by atoms with Gasteiger partial charge in [0.25, 0.3) is 5.91 Å². The van der Waals surface area contributed by atoms with Gasteiger partial charge in [-0.3, -0.25) is 9.78 Å². The molecule has 1 aromatic carbocycles. The quantitative estimate of drug-likeness (QED) is 0.628. The molecule has 0 radical (unpaired) electrons. The van der Waals surface area contributed by atoms with Crippen LogP contribution in [0.25, 0.3) is 11.3 Å². The topological polar surface area (TPSA) is 62.2 Å². The van der Waals surface area contributed by atoms with Crippen molar-refractivity contribution in [2.75, 3.05) is 24.5 Å². The molecule has 2 aromatic heterocycles. The molecule has 7 heteroatoms. The average molecular weight is 432 g/mol. The second-order valence-corrected chi connectivity index (χ2v) is 8.85. The molecule has 5 rings (SSSR count). The number of anilines is 1. The highest BCUT2D eigenvalue weighted by Crippen LogP contribution is 2.36. The van der Waals surface area contributed by atoms with Gasteiger partial charge in [0.05, 0.1) is 17.3 Å². The lowest BCUT2D eigenvalue weighted by Gasteiger charge is -2.53. The van der Waals surface area contributed by atoms with Gasteiger partial charge in [0.1, 0.15) is 5.82 Å². The summed E-state index contributed by atoms with van der Waals surface area (Å²) in [6.07, 6.45) is 2.58. The van der Waals surface area contributed by atoms with Gasteiger partial charge in [-0.05, 0) is 57.0 Å². The predicted molar refractivity (Wildman–Crippen MR) is 121 cm³/mol. The number of aromatic nitrogens is 3. The van der Waals surface area contributed by atoms with Crippen LogP contribution in [-0.4, -0.2) is 51.4 Å². The Labute approximate surface area is 187 Å². The highest BCUT2D eigenvalue weighted by molar-refractivity contribution is 6.01. The largest absolute Gasteiger partial charge is 0.336 e. The summed E-state index contributed by atoms with van der Waals surface area (Å²) in [5.41, 5.74) is 4.11. The second kappa shape index (κ2) is 7.97. The lowest BCUT2D eigenvalue weighted by atomic mass is 9.82. The third-order valence-electron chi connectivity index (χ3n) is 6.49. The molecule has 2 fully saturated rings. The van der Waals surface area contributed by atoms with E-state index in [1.54, 1.807) is 23.2 Å². The van der Waals surface area contributed by atoms with E-state index in [1.165, 1.54) is 6.07 Å². The highest BCUT2D eigenvalue weighted by Gasteiger charge is 2.45. The first-order valence-corrected chi connectivity index (χ1v) is 11.0. The summed E-state index contributed by atoms with van der Waals surface area (Å²) in [5, 5.41) is 0. The molecule has 2 aliphatic heterocycles. The number of halogens is 1. The Balaban J connectivity index is 1.42. The van der Waals surface area contributed by atoms with Crippen LogP contribution in [0.15, 0.2) is 42.6 Å². The van der Waals surface area contributed by atoms with Crippen LogP contribution in [0.5, 0.6) is 0 Å². The average Bonchev–Trinajstić information content (AvgIpc) is 2.73. The molecule has 2 unspecified atom stereocenters. The number of fused-ring (bicyclic) bond motifs is 1. The van der Waals surface area contributed by atoms with Crippen molar-refractivity contribution in [3.63, 3.8) is 0 Å². The number of benzene rings is 1. The first-order valence-electron chi connectivity index (χ1n) is 11.0. The number of amides is 1. The van der Waals surface area contributed by atoms with Crippen LogP contribution in [0.3, 0.4) is 0 Å². The molecule has 2 saturated heterocycles. The van der Waals surface area contributed by atoms with E-state index in [4.69, 9.17) is 0 Å². The predicted octanol–water partition coefficient (Wildman–Crippen LogP) is 3.95. The maximum Gasteiger partial charge on any atom is 0.257 e. The van der Waals surface area contributed by atoms with E-state index in [9.17, 15) is 9.18 Å². The maximum absolute atomic E-state index is 15.0. The van der Waals surface area contributed by atoms with Gasteiger partial charge in [0, 0.05) is 48.7 Å². The van der Waals surface area contributed by atoms with E-state index in [1.807, 2.05) is 39.0 Å². The number of carbonyl (C=O) groups is 1. The van der Waals surface area contributed by atoms with Gasteiger partial charge in [0.15, 0.2) is 0 Å². The van der Waals surface area contributed by atoms with Gasteiger partial charge in [-0.15, -0.1) is 0 Å². The second-order valence-electron chi connectivity index (χ2n) is 8.85. The molecule has 2 aliphatic rings. The molecule has 0 N–H and O–H groups in total. The van der Waals surface area contributed by atoms with Gasteiger partial charge in [-0.25, -0.2) is 14.4 Å². The summed E-state index contributed by atoms with van der Waals surface area (Å²) < 4.78 is 15.0. The Hall–Kier alpha value is -3.35. The summed E-state index contributed by atoms with van der Waals surface area (Å²) >= 11 is 0. The van der Waals surface area contributed by atoms with Crippen molar-refractivity contribution in [2.24, 2.45) is 5.92 Å². The minimum Gasteiger partial charge on any atom is -0.336 e. The van der Waals surface area contributed by atoms with E-state index in [-0.39, 0.29) is 17.5 Å². The molecule has 3 aromatic rings. The van der Waals surface area contributed by atoms with Gasteiger partial charge in [-0.1, -0.05) is 12.1 Å². The zero-order chi connectivity index (χ0) is 22.4. The zero-order valence-electron chi connectivity index (χ0n) is 18.5. The molecular formula is C25H26FN5O. The van der Waals surface area contributed by atoms with Gasteiger partial charge >= 0.3 is 0 Å². The smallest absolute Gasteiger partial charge is 0.257 e. The number of rotatable bonds is 3. The van der Waals surface area contributed by atoms with Crippen LogP contribution in [0.1, 0.15) is 33.7 Å². The number of hydrogen-bond donors (Lipinski definition) is 0. The van der Waals surface area contributed by atoms with Crippen LogP contribution >= 0.6 is 0 Å². The van der Waals surface area contributed by atoms with E-state index in [2.05, 4.69) is 19.9 Å². The molecule has 0 bridgehead atoms. The molecule has 1 amide bonds. The minimum absolute atomic E-state index is 0.0950. The van der Waals surface area contributed by atoms with Crippen LogP contribution in [0.4, 0.5) is 10.3 Å². The Morgan fingerprint density at radius 3 is 2.59 bits per heavy atom. The van der Waals surface area contributed by atoms with Crippen molar-refractivity contribution in [3.8, 4) is 11.3 Å². The van der Waals surface area contributed by atoms with Crippen LogP contribution in [-0.2, 0) is 0 Å². The van der Waals surface area contributed by atoms with Crippen molar-refractivity contribution < 1.29 is 9.18 Å². The van der Waals surface area contributed by atoms with Gasteiger partial charge < -0.3 is 9.80 Å². The summed E-state index contributed by atoms with van der Waals surface area (Å²) in [5.74, 6) is 0.421. The number of piperidine rings is 1. The molecule has 0 spiro atoms. The van der Waals surface area contributed by atoms with Crippen molar-refractivity contribution in [1.29, 1.82) is 0 Å². The fourth-order valence-electron chi connectivity index (χ4n) is 4.84. The number of carbonyl (C=O) groups excluding carboxylic acids is 1. The van der Waals surface area contributed by atoms with E-state index in [0.29, 0.717) is 36.2 Å². The number of pyridine rings is 1. The normalized spacial score (nSPS) is 20.0. The lowest BCUT2D eigenvalue weighted by Crippen LogP contribution is -2.65. The van der Waals surface area contributed by atoms with Gasteiger partial charge in [-0.2, -0.15) is 0 Å². The van der Waals surface area contributed by atoms with E-state index >= 15 is 0 Å². The Kier molecular flexibility index (Phi) is 5.12. The Morgan fingerprint density at radius 1 is 1.06 bits per heavy atom. The summed E-state index contributed by atoms with van der Waals surface area (Å²) in [4.78, 5) is 31.1. The van der Waals surface area contributed by atoms with Crippen LogP contribution in [0.2, 0.25) is 0 Å². The summed E-state index contributed by atoms with van der Waals surface area (Å²) in [7, 11) is 0. The lowest BCUT2D eigenvalue weighted by molar-refractivity contribution is 0.0585. The third-order valence-corrected chi connectivity index (χ3v) is 6.49. The molecular weight excluding hydrogens is 405 g/mol. The molecule has 6 nitrogen and oxygen atoms in total. The summed E-state index contributed by atoms with van der Waals surface area (Å²) in [6, 6.07) is 10.6. The third kappa shape index (κ3) is 3.61. The number of nitrogens with zero attached hydrogens (tertiary/aromatic N) is 5. The SMILES string of the molecule is Cc1ccnc(-c2cccc(F)c2C(=O)N2CCC3CN(c4nc(C)cc(C)n4)C3C2)c1. The first-order chi connectivity index (χ1) is 15.4. The van der Waals surface area contributed by atoms with Crippen molar-refractivity contribution in [1.82, 2.24) is 19.9 Å². The molecule has 2 atom stereocenters. The summed E-state index contributed by atoms with van der Waals surface area (Å²) in [6.45, 7) is 7.94. The molecule has 0 saturated carbocycles. The van der Waals surface area contributed by atoms with Crippen molar-refractivity contribution >= 4 is 11.9 Å². The van der Waals surface area contributed by atoms with Crippen molar-refractivity contribution in [3.05, 3.63) is 70.9 Å². The number of aryl methyl sites for hydroxylation is 3. The maximum atomic E-state index is 15.0. The zero-order valence-corrected chi connectivity index (χ0v) is 18.5. The molecule has 0 aliphatic carbocycles. The monoisotopic (exact) mass is 431 g/mol. The standard InChI is InChI=1S/C25H26FN5O/c1-15-7-9-27-21(11-15)19-5-4-6-20(26)23(19)24(32)30-10-8-18-13-31(22(18)14-30)25-28-16(2)12-17(3)29-25/h4-7,9,11-12,18,22H,8,10,13-14H2,1-3H3. The molecule has 164 valence electrons. The molecule has 32 heavy (non-hydrogen) atoms. The van der Waals surface area contributed by atoms with Crippen LogP contribution < -0.4 is 4.90 Å².